The van der Waals surface area contributed by atoms with Crippen LogP contribution in [0.4, 0.5) is 18.9 Å². The van der Waals surface area contributed by atoms with E-state index in [1.165, 1.54) is 18.0 Å². The number of pyridine rings is 2. The minimum absolute atomic E-state index is 0.0106. The number of halogens is 3. The standard InChI is InChI=1S/C29H24F3N7O6/c1-44-25-7-4-19(14-34-25)26-22(27(33)40)13-21-12-17(9-11-38(21)26)15-37-16-23(35-36-37)24(8-10-29(30,31)32)45-28(41)18-2-5-20(6-3-18)39(42)43/h2-7,9,11-14,16,24H,8,10,15H2,1H3,(H2,33,40). The van der Waals surface area contributed by atoms with Crippen molar-refractivity contribution < 1.29 is 37.2 Å². The van der Waals surface area contributed by atoms with Crippen LogP contribution in [0.25, 0.3) is 16.8 Å². The molecule has 16 heteroatoms. The number of carbonyl (C=O) groups excluding carboxylic acids is 2. The number of nitro benzene ring substituents is 1. The lowest BCUT2D eigenvalue weighted by atomic mass is 10.1. The summed E-state index contributed by atoms with van der Waals surface area (Å²) >= 11 is 0. The van der Waals surface area contributed by atoms with Gasteiger partial charge in [-0.3, -0.25) is 14.9 Å². The number of aromatic nitrogens is 5. The number of hydrogen-bond donors (Lipinski definition) is 1. The Hall–Kier alpha value is -5.80. The number of nitrogens with two attached hydrogens (primary N) is 1. The topological polar surface area (TPSA) is 170 Å². The van der Waals surface area contributed by atoms with E-state index >= 15 is 0 Å². The number of nitro groups is 1. The van der Waals surface area contributed by atoms with Gasteiger partial charge in [0.15, 0.2) is 0 Å². The molecular weight excluding hydrogens is 599 g/mol. The molecule has 0 aliphatic heterocycles. The maximum atomic E-state index is 13.1. The Labute approximate surface area is 252 Å². The van der Waals surface area contributed by atoms with Crippen molar-refractivity contribution in [3.05, 3.63) is 106 Å². The van der Waals surface area contributed by atoms with Crippen LogP contribution in [0.15, 0.2) is 73.2 Å². The zero-order valence-electron chi connectivity index (χ0n) is 23.5. The predicted octanol–water partition coefficient (Wildman–Crippen LogP) is 4.90. The van der Waals surface area contributed by atoms with E-state index in [2.05, 4.69) is 15.3 Å². The zero-order chi connectivity index (χ0) is 32.3. The molecule has 45 heavy (non-hydrogen) atoms. The number of primary amides is 1. The number of hydrogen-bond acceptors (Lipinski definition) is 9. The number of ether oxygens (including phenoxy) is 2. The van der Waals surface area contributed by atoms with Gasteiger partial charge in [-0.1, -0.05) is 5.21 Å². The van der Waals surface area contributed by atoms with Crippen LogP contribution < -0.4 is 10.5 Å². The smallest absolute Gasteiger partial charge is 0.389 e. The van der Waals surface area contributed by atoms with Crippen molar-refractivity contribution in [2.75, 3.05) is 7.11 Å². The maximum absolute atomic E-state index is 13.1. The molecule has 0 radical (unpaired) electrons. The average Bonchev–Trinajstić information content (AvgIpc) is 3.63. The van der Waals surface area contributed by atoms with E-state index in [-0.39, 0.29) is 29.1 Å². The van der Waals surface area contributed by atoms with E-state index in [1.807, 2.05) is 0 Å². The molecule has 4 heterocycles. The summed E-state index contributed by atoms with van der Waals surface area (Å²) in [4.78, 5) is 39.4. The van der Waals surface area contributed by atoms with E-state index in [4.69, 9.17) is 15.2 Å². The van der Waals surface area contributed by atoms with Gasteiger partial charge in [-0.05, 0) is 48.4 Å². The number of carbonyl (C=O) groups is 2. The highest BCUT2D eigenvalue weighted by Gasteiger charge is 2.31. The van der Waals surface area contributed by atoms with Crippen LogP contribution in [-0.2, 0) is 11.3 Å². The number of non-ortho nitro benzene ring substituents is 1. The van der Waals surface area contributed by atoms with Crippen molar-refractivity contribution in [3.63, 3.8) is 0 Å². The molecule has 0 spiro atoms. The number of benzene rings is 1. The minimum atomic E-state index is -4.52. The molecule has 0 saturated heterocycles. The van der Waals surface area contributed by atoms with Crippen molar-refractivity contribution in [2.45, 2.75) is 31.7 Å². The third kappa shape index (κ3) is 7.06. The molecule has 1 aromatic carbocycles. The Morgan fingerprint density at radius 3 is 2.49 bits per heavy atom. The zero-order valence-corrected chi connectivity index (χ0v) is 23.5. The highest BCUT2D eigenvalue weighted by molar-refractivity contribution is 6.01. The van der Waals surface area contributed by atoms with Gasteiger partial charge in [0.05, 0.1) is 41.6 Å². The molecule has 0 aliphatic carbocycles. The highest BCUT2D eigenvalue weighted by atomic mass is 19.4. The van der Waals surface area contributed by atoms with Crippen molar-refractivity contribution >= 4 is 23.1 Å². The first-order valence-electron chi connectivity index (χ1n) is 13.3. The highest BCUT2D eigenvalue weighted by Crippen LogP contribution is 2.31. The van der Waals surface area contributed by atoms with Crippen LogP contribution in [0.1, 0.15) is 50.9 Å². The van der Waals surface area contributed by atoms with Gasteiger partial charge in [-0.2, -0.15) is 13.2 Å². The van der Waals surface area contributed by atoms with Crippen molar-refractivity contribution in [2.24, 2.45) is 5.73 Å². The summed E-state index contributed by atoms with van der Waals surface area (Å²) in [6.45, 7) is 0.141. The van der Waals surface area contributed by atoms with Gasteiger partial charge in [0.2, 0.25) is 5.88 Å². The third-order valence-electron chi connectivity index (χ3n) is 6.81. The van der Waals surface area contributed by atoms with Gasteiger partial charge in [0.25, 0.3) is 11.6 Å². The molecule has 1 unspecified atom stereocenters. The van der Waals surface area contributed by atoms with Gasteiger partial charge >= 0.3 is 12.1 Å². The Morgan fingerprint density at radius 1 is 1.11 bits per heavy atom. The molecule has 0 fully saturated rings. The molecular formula is C29H24F3N7O6. The fraction of sp³-hybridized carbons (Fsp3) is 0.207. The number of methoxy groups -OCH3 is 1. The largest absolute Gasteiger partial charge is 0.481 e. The van der Waals surface area contributed by atoms with Crippen molar-refractivity contribution in [1.29, 1.82) is 0 Å². The number of alkyl halides is 3. The van der Waals surface area contributed by atoms with Crippen LogP contribution in [0, 0.1) is 10.1 Å². The Kier molecular flexibility index (Phi) is 8.47. The number of fused-ring (bicyclic) bond motifs is 1. The summed E-state index contributed by atoms with van der Waals surface area (Å²) in [7, 11) is 1.49. The van der Waals surface area contributed by atoms with Crippen LogP contribution in [0.5, 0.6) is 5.88 Å². The van der Waals surface area contributed by atoms with Crippen molar-refractivity contribution in [3.8, 4) is 17.1 Å². The third-order valence-corrected chi connectivity index (χ3v) is 6.81. The maximum Gasteiger partial charge on any atom is 0.389 e. The van der Waals surface area contributed by atoms with Crippen molar-refractivity contribution in [1.82, 2.24) is 24.4 Å². The number of esters is 1. The van der Waals surface area contributed by atoms with E-state index in [0.717, 1.165) is 24.3 Å². The van der Waals surface area contributed by atoms with Gasteiger partial charge < -0.3 is 19.6 Å². The first kappa shape index (κ1) is 30.7. The van der Waals surface area contributed by atoms with Crippen LogP contribution in [0.2, 0.25) is 0 Å². The fourth-order valence-electron chi connectivity index (χ4n) is 4.65. The van der Waals surface area contributed by atoms with E-state index in [1.54, 1.807) is 47.1 Å². The Bertz CT molecular complexity index is 1870. The summed E-state index contributed by atoms with van der Waals surface area (Å²) in [6.07, 6.45) is -3.13. The van der Waals surface area contributed by atoms with Gasteiger partial charge in [0, 0.05) is 48.1 Å². The molecule has 4 aromatic heterocycles. The Balaban J connectivity index is 1.38. The second-order valence-corrected chi connectivity index (χ2v) is 9.88. The molecule has 0 saturated carbocycles. The lowest BCUT2D eigenvalue weighted by Gasteiger charge is -2.16. The Morgan fingerprint density at radius 2 is 1.87 bits per heavy atom. The molecule has 5 rings (SSSR count). The summed E-state index contributed by atoms with van der Waals surface area (Å²) in [5, 5.41) is 18.8. The first-order chi connectivity index (χ1) is 21.4. The summed E-state index contributed by atoms with van der Waals surface area (Å²) < 4.78 is 52.8. The number of amides is 1. The van der Waals surface area contributed by atoms with E-state index < -0.39 is 41.9 Å². The summed E-state index contributed by atoms with van der Waals surface area (Å²) in [5.74, 6) is -1.21. The molecule has 232 valence electrons. The summed E-state index contributed by atoms with van der Waals surface area (Å²) in [5.41, 5.74) is 8.07. The fourth-order valence-corrected chi connectivity index (χ4v) is 4.65. The van der Waals surface area contributed by atoms with Gasteiger partial charge in [-0.15, -0.1) is 5.10 Å². The van der Waals surface area contributed by atoms with Crippen LogP contribution in [-0.4, -0.2) is 54.5 Å². The van der Waals surface area contributed by atoms with E-state index in [9.17, 15) is 32.9 Å². The lowest BCUT2D eigenvalue weighted by molar-refractivity contribution is -0.384. The van der Waals surface area contributed by atoms with Crippen LogP contribution >= 0.6 is 0 Å². The number of nitrogens with zero attached hydrogens (tertiary/aromatic N) is 6. The number of rotatable bonds is 11. The molecule has 1 atom stereocenters. The minimum Gasteiger partial charge on any atom is -0.481 e. The van der Waals surface area contributed by atoms with Crippen LogP contribution in [0.3, 0.4) is 0 Å². The molecule has 0 bridgehead atoms. The summed E-state index contributed by atoms with van der Waals surface area (Å²) in [6, 6.07) is 13.0. The predicted molar refractivity (Wildman–Crippen MR) is 151 cm³/mol. The monoisotopic (exact) mass is 623 g/mol. The molecule has 13 nitrogen and oxygen atoms in total. The molecule has 1 amide bonds. The second-order valence-electron chi connectivity index (χ2n) is 9.88. The average molecular weight is 624 g/mol. The quantitative estimate of drug-likeness (QED) is 0.122. The molecule has 0 aliphatic rings. The lowest BCUT2D eigenvalue weighted by Crippen LogP contribution is -2.16. The van der Waals surface area contributed by atoms with Gasteiger partial charge in [0.1, 0.15) is 11.8 Å². The normalized spacial score (nSPS) is 12.2. The SMILES string of the molecule is COc1ccc(-c2c(C(N)=O)cc3cc(Cn4cc(C(CCC(F)(F)F)OC(=O)c5ccc([N+](=O)[O-])cc5)nn4)ccn23)cn1. The second kappa shape index (κ2) is 12.4. The first-order valence-corrected chi connectivity index (χ1v) is 13.3. The van der Waals surface area contributed by atoms with Gasteiger partial charge in [-0.25, -0.2) is 14.5 Å². The van der Waals surface area contributed by atoms with E-state index in [0.29, 0.717) is 28.2 Å². The molecule has 2 N–H and O–H groups in total. The molecule has 5 aromatic rings.